The van der Waals surface area contributed by atoms with Gasteiger partial charge in [-0.3, -0.25) is 4.90 Å². The molecule has 5 nitrogen and oxygen atoms in total. The van der Waals surface area contributed by atoms with Crippen LogP contribution in [0.25, 0.3) is 0 Å². The number of halogens is 1. The van der Waals surface area contributed by atoms with E-state index in [2.05, 4.69) is 61.5 Å². The fourth-order valence-electron chi connectivity index (χ4n) is 6.00. The molecule has 2 aliphatic heterocycles. The van der Waals surface area contributed by atoms with Crippen molar-refractivity contribution in [2.24, 2.45) is 0 Å². The second kappa shape index (κ2) is 9.40. The van der Waals surface area contributed by atoms with Crippen LogP contribution in [-0.2, 0) is 6.54 Å². The third kappa shape index (κ3) is 4.32. The normalized spacial score (nSPS) is 19.2. The van der Waals surface area contributed by atoms with Crippen molar-refractivity contribution in [1.82, 2.24) is 9.88 Å². The molecule has 1 unspecified atom stereocenters. The number of fused-ring (bicyclic) bond motifs is 1. The first-order valence-electron chi connectivity index (χ1n) is 12.7. The maximum Gasteiger partial charge on any atom is 0.212 e. The summed E-state index contributed by atoms with van der Waals surface area (Å²) in [6, 6.07) is 11.7. The number of ether oxygens (including phenoxy) is 2. The van der Waals surface area contributed by atoms with Crippen molar-refractivity contribution in [3.63, 3.8) is 0 Å². The van der Waals surface area contributed by atoms with E-state index in [-0.39, 0.29) is 5.92 Å². The topological polar surface area (TPSA) is 37.8 Å². The predicted molar refractivity (Wildman–Crippen MR) is 142 cm³/mol. The van der Waals surface area contributed by atoms with Gasteiger partial charge in [0.2, 0.25) is 5.95 Å². The number of hydrogen-bond donors (Lipinski definition) is 0. The van der Waals surface area contributed by atoms with Gasteiger partial charge < -0.3 is 14.4 Å². The van der Waals surface area contributed by atoms with E-state index in [0.717, 1.165) is 49.8 Å². The third-order valence-electron chi connectivity index (χ3n) is 7.95. The largest absolute Gasteiger partial charge is 0.497 e. The summed E-state index contributed by atoms with van der Waals surface area (Å²) in [7, 11) is 1.70. The van der Waals surface area contributed by atoms with E-state index in [1.807, 2.05) is 18.2 Å². The average molecular weight is 490 g/mol. The van der Waals surface area contributed by atoms with Gasteiger partial charge in [0.1, 0.15) is 17.1 Å². The summed E-state index contributed by atoms with van der Waals surface area (Å²) in [5, 5.41) is 0. The van der Waals surface area contributed by atoms with Crippen molar-refractivity contribution >= 4 is 5.69 Å². The fraction of sp³-hybridized carbons (Fsp3) is 0.433. The van der Waals surface area contributed by atoms with Gasteiger partial charge in [-0.05, 0) is 80.6 Å². The van der Waals surface area contributed by atoms with Crippen LogP contribution in [0.4, 0.5) is 10.1 Å². The van der Waals surface area contributed by atoms with Crippen molar-refractivity contribution < 1.29 is 13.9 Å². The lowest BCUT2D eigenvalue weighted by Gasteiger charge is -2.38. The minimum atomic E-state index is -0.458. The van der Waals surface area contributed by atoms with E-state index in [1.165, 1.54) is 39.6 Å². The molecule has 1 atom stereocenters. The van der Waals surface area contributed by atoms with Crippen LogP contribution >= 0.6 is 0 Å². The van der Waals surface area contributed by atoms with Crippen LogP contribution in [0.1, 0.15) is 53.1 Å². The Hall–Kier alpha value is -3.12. The molecule has 5 rings (SSSR count). The lowest BCUT2D eigenvalue weighted by atomic mass is 9.79. The molecule has 1 aromatic heterocycles. The predicted octanol–water partition coefficient (Wildman–Crippen LogP) is 5.78. The Morgan fingerprint density at radius 1 is 0.972 bits per heavy atom. The summed E-state index contributed by atoms with van der Waals surface area (Å²) in [5.41, 5.74) is 8.11. The zero-order valence-electron chi connectivity index (χ0n) is 22.2. The summed E-state index contributed by atoms with van der Waals surface area (Å²) in [6.07, 6.45) is 1.66. The fourth-order valence-corrected chi connectivity index (χ4v) is 6.00. The maximum absolute atomic E-state index is 13.6. The SMILES string of the molecule is COc1ccc(CN2CCN(c3c(C)c(C)c4c(c3C)C(c3ccc(F)nc3)C(C)(C)O4)CC2)cc1. The molecule has 36 heavy (non-hydrogen) atoms. The van der Waals surface area contributed by atoms with Crippen LogP contribution in [0, 0.1) is 26.7 Å². The van der Waals surface area contributed by atoms with Gasteiger partial charge >= 0.3 is 0 Å². The molecule has 0 saturated carbocycles. The number of nitrogens with zero attached hydrogens (tertiary/aromatic N) is 3. The average Bonchev–Trinajstić information content (AvgIpc) is 3.16. The first-order valence-corrected chi connectivity index (χ1v) is 12.7. The quantitative estimate of drug-likeness (QED) is 0.425. The van der Waals surface area contributed by atoms with Crippen LogP contribution in [0.2, 0.25) is 0 Å². The van der Waals surface area contributed by atoms with Crippen molar-refractivity contribution in [2.75, 3.05) is 38.2 Å². The van der Waals surface area contributed by atoms with E-state index in [0.29, 0.717) is 0 Å². The van der Waals surface area contributed by atoms with Crippen molar-refractivity contribution in [1.29, 1.82) is 0 Å². The number of methoxy groups -OCH3 is 1. The van der Waals surface area contributed by atoms with Crippen LogP contribution in [0.3, 0.4) is 0 Å². The smallest absolute Gasteiger partial charge is 0.212 e. The minimum absolute atomic E-state index is 0.00462. The highest BCUT2D eigenvalue weighted by molar-refractivity contribution is 5.72. The molecule has 0 bridgehead atoms. The molecule has 0 N–H and O–H groups in total. The van der Waals surface area contributed by atoms with Crippen LogP contribution < -0.4 is 14.4 Å². The zero-order chi connectivity index (χ0) is 25.6. The van der Waals surface area contributed by atoms with Crippen LogP contribution in [-0.4, -0.2) is 48.8 Å². The Balaban J connectivity index is 1.42. The lowest BCUT2D eigenvalue weighted by Crippen LogP contribution is -2.46. The molecular formula is C30H36FN3O2. The van der Waals surface area contributed by atoms with Gasteiger partial charge in [-0.15, -0.1) is 0 Å². The Bertz CT molecular complexity index is 1250. The first-order chi connectivity index (χ1) is 17.2. The number of aromatic nitrogens is 1. The second-order valence-corrected chi connectivity index (χ2v) is 10.6. The lowest BCUT2D eigenvalue weighted by molar-refractivity contribution is 0.121. The molecule has 2 aromatic carbocycles. The highest BCUT2D eigenvalue weighted by Gasteiger charge is 2.45. The first kappa shape index (κ1) is 24.6. The Morgan fingerprint density at radius 3 is 2.28 bits per heavy atom. The Labute approximate surface area is 213 Å². The maximum atomic E-state index is 13.6. The van der Waals surface area contributed by atoms with Gasteiger partial charge in [0.25, 0.3) is 0 Å². The van der Waals surface area contributed by atoms with E-state index in [4.69, 9.17) is 9.47 Å². The molecule has 3 aromatic rings. The molecular weight excluding hydrogens is 453 g/mol. The van der Waals surface area contributed by atoms with Crippen LogP contribution in [0.5, 0.6) is 11.5 Å². The summed E-state index contributed by atoms with van der Waals surface area (Å²) in [4.78, 5) is 9.00. The summed E-state index contributed by atoms with van der Waals surface area (Å²) in [6.45, 7) is 15.7. The number of anilines is 1. The van der Waals surface area contributed by atoms with Gasteiger partial charge in [0.05, 0.1) is 13.0 Å². The molecule has 0 radical (unpaired) electrons. The summed E-state index contributed by atoms with van der Waals surface area (Å²) < 4.78 is 25.5. The van der Waals surface area contributed by atoms with Crippen molar-refractivity contribution in [2.45, 2.75) is 52.7 Å². The summed E-state index contributed by atoms with van der Waals surface area (Å²) in [5.74, 6) is 1.41. The summed E-state index contributed by atoms with van der Waals surface area (Å²) >= 11 is 0. The standard InChI is InChI=1S/C30H36FN3O2/c1-19-20(2)29-26(27(30(4,5)36-29)23-9-12-25(31)32-17-23)21(3)28(19)34-15-13-33(14-16-34)18-22-7-10-24(35-6)11-8-22/h7-12,17,27H,13-16,18H2,1-6H3. The van der Waals surface area contributed by atoms with E-state index < -0.39 is 11.5 Å². The molecule has 3 heterocycles. The second-order valence-electron chi connectivity index (χ2n) is 10.6. The van der Waals surface area contributed by atoms with Crippen molar-refractivity contribution in [3.8, 4) is 11.5 Å². The number of pyridine rings is 1. The van der Waals surface area contributed by atoms with Crippen LogP contribution in [0.15, 0.2) is 42.6 Å². The molecule has 0 spiro atoms. The van der Waals surface area contributed by atoms with Gasteiger partial charge in [-0.2, -0.15) is 4.39 Å². The third-order valence-corrected chi connectivity index (χ3v) is 7.95. The molecule has 190 valence electrons. The highest BCUT2D eigenvalue weighted by Crippen LogP contribution is 2.54. The van der Waals surface area contributed by atoms with E-state index in [9.17, 15) is 4.39 Å². The number of rotatable bonds is 5. The number of hydrogen-bond acceptors (Lipinski definition) is 5. The molecule has 1 fully saturated rings. The Kier molecular flexibility index (Phi) is 6.41. The molecule has 0 aliphatic carbocycles. The monoisotopic (exact) mass is 489 g/mol. The molecule has 1 saturated heterocycles. The Morgan fingerprint density at radius 2 is 1.67 bits per heavy atom. The van der Waals surface area contributed by atoms with Gasteiger partial charge in [0, 0.05) is 50.2 Å². The number of piperazine rings is 1. The van der Waals surface area contributed by atoms with E-state index >= 15 is 0 Å². The molecule has 0 amide bonds. The zero-order valence-corrected chi connectivity index (χ0v) is 22.2. The molecule has 6 heteroatoms. The van der Waals surface area contributed by atoms with Crippen molar-refractivity contribution in [3.05, 3.63) is 81.9 Å². The van der Waals surface area contributed by atoms with Gasteiger partial charge in [-0.1, -0.05) is 18.2 Å². The van der Waals surface area contributed by atoms with E-state index in [1.54, 1.807) is 13.3 Å². The van der Waals surface area contributed by atoms with Gasteiger partial charge in [-0.25, -0.2) is 4.98 Å². The minimum Gasteiger partial charge on any atom is -0.497 e. The van der Waals surface area contributed by atoms with Gasteiger partial charge in [0.15, 0.2) is 0 Å². The number of benzene rings is 2. The highest BCUT2D eigenvalue weighted by atomic mass is 19.1. The molecule has 2 aliphatic rings.